The highest BCUT2D eigenvalue weighted by Crippen LogP contribution is 2.36. The molecule has 5 rings (SSSR count). The van der Waals surface area contributed by atoms with Crippen LogP contribution in [0.5, 0.6) is 0 Å². The van der Waals surface area contributed by atoms with Crippen molar-refractivity contribution in [2.24, 2.45) is 5.92 Å². The molecule has 3 nitrogen and oxygen atoms in total. The minimum Gasteiger partial charge on any atom is -0.398 e. The Kier molecular flexibility index (Phi) is 2.39. The van der Waals surface area contributed by atoms with Gasteiger partial charge in [0.25, 0.3) is 0 Å². The molecule has 4 aliphatic heterocycles. The van der Waals surface area contributed by atoms with Crippen LogP contribution in [0.25, 0.3) is 0 Å². The lowest BCUT2D eigenvalue weighted by Crippen LogP contribution is -2.56. The Morgan fingerprint density at radius 3 is 2.61 bits per heavy atom. The van der Waals surface area contributed by atoms with Crippen LogP contribution in [0.4, 0.5) is 5.69 Å². The number of anilines is 1. The van der Waals surface area contributed by atoms with Crippen LogP contribution in [0.2, 0.25) is 0 Å². The molecule has 3 saturated heterocycles. The van der Waals surface area contributed by atoms with E-state index in [4.69, 9.17) is 5.73 Å². The molecule has 1 aromatic rings. The molecule has 0 amide bonds. The van der Waals surface area contributed by atoms with E-state index in [2.05, 4.69) is 21.9 Å². The Labute approximate surface area is 109 Å². The van der Waals surface area contributed by atoms with E-state index in [0.717, 1.165) is 30.7 Å². The van der Waals surface area contributed by atoms with Crippen LogP contribution in [0.1, 0.15) is 24.0 Å². The van der Waals surface area contributed by atoms with Gasteiger partial charge in [0.15, 0.2) is 0 Å². The van der Waals surface area contributed by atoms with Crippen molar-refractivity contribution < 1.29 is 0 Å². The standard InChI is InChI=1S/C15H21N3/c16-14-3-1-2-12-8-18(9-13(12)14)15-10-17-6-4-11(15)5-7-17/h1-3,11,15H,4-10,16H2. The molecular weight excluding hydrogens is 222 g/mol. The van der Waals surface area contributed by atoms with E-state index in [1.807, 2.05) is 6.07 Å². The van der Waals surface area contributed by atoms with Crippen molar-refractivity contribution in [3.05, 3.63) is 29.3 Å². The molecule has 0 aliphatic carbocycles. The number of hydrogen-bond donors (Lipinski definition) is 1. The monoisotopic (exact) mass is 243 g/mol. The number of nitrogen functional groups attached to an aromatic ring is 1. The molecule has 4 heterocycles. The van der Waals surface area contributed by atoms with E-state index in [9.17, 15) is 0 Å². The number of nitrogens with two attached hydrogens (primary N) is 1. The zero-order valence-electron chi connectivity index (χ0n) is 10.8. The predicted molar refractivity (Wildman–Crippen MR) is 73.1 cm³/mol. The molecular formula is C15H21N3. The third-order valence-corrected chi connectivity index (χ3v) is 5.13. The number of fused-ring (bicyclic) bond motifs is 4. The minimum absolute atomic E-state index is 0.763. The normalized spacial score (nSPS) is 34.8. The summed E-state index contributed by atoms with van der Waals surface area (Å²) in [6.07, 6.45) is 2.79. The zero-order valence-corrected chi connectivity index (χ0v) is 10.8. The maximum Gasteiger partial charge on any atom is 0.0363 e. The van der Waals surface area contributed by atoms with Crippen LogP contribution in [-0.4, -0.2) is 35.5 Å². The molecule has 3 heteroatoms. The molecule has 96 valence electrons. The summed E-state index contributed by atoms with van der Waals surface area (Å²) in [5, 5.41) is 0. The molecule has 0 radical (unpaired) electrons. The number of piperidine rings is 3. The maximum absolute atomic E-state index is 6.10. The van der Waals surface area contributed by atoms with Crippen molar-refractivity contribution in [1.29, 1.82) is 0 Å². The van der Waals surface area contributed by atoms with Gasteiger partial charge in [0.05, 0.1) is 0 Å². The van der Waals surface area contributed by atoms with Gasteiger partial charge in [-0.25, -0.2) is 0 Å². The average molecular weight is 243 g/mol. The molecule has 2 N–H and O–H groups in total. The van der Waals surface area contributed by atoms with Gasteiger partial charge in [-0.2, -0.15) is 0 Å². The van der Waals surface area contributed by atoms with E-state index in [1.165, 1.54) is 43.6 Å². The second kappa shape index (κ2) is 3.97. The Morgan fingerprint density at radius 1 is 1.11 bits per heavy atom. The lowest BCUT2D eigenvalue weighted by atomic mass is 9.83. The first-order chi connectivity index (χ1) is 8.81. The third kappa shape index (κ3) is 1.57. The highest BCUT2D eigenvalue weighted by Gasteiger charge is 2.39. The fourth-order valence-electron chi connectivity index (χ4n) is 4.06. The fraction of sp³-hybridized carbons (Fsp3) is 0.600. The molecule has 0 spiro atoms. The number of hydrogen-bond acceptors (Lipinski definition) is 3. The van der Waals surface area contributed by atoms with Crippen molar-refractivity contribution in [3.63, 3.8) is 0 Å². The lowest BCUT2D eigenvalue weighted by molar-refractivity contribution is 0.00320. The summed E-state index contributed by atoms with van der Waals surface area (Å²) >= 11 is 0. The lowest BCUT2D eigenvalue weighted by Gasteiger charge is -2.48. The first-order valence-corrected chi connectivity index (χ1v) is 7.14. The number of benzene rings is 1. The number of nitrogens with zero attached hydrogens (tertiary/aromatic N) is 2. The van der Waals surface area contributed by atoms with Crippen molar-refractivity contribution in [2.45, 2.75) is 32.0 Å². The highest BCUT2D eigenvalue weighted by molar-refractivity contribution is 5.52. The van der Waals surface area contributed by atoms with E-state index in [0.29, 0.717) is 0 Å². The summed E-state index contributed by atoms with van der Waals surface area (Å²) < 4.78 is 0. The van der Waals surface area contributed by atoms with Gasteiger partial charge in [-0.3, -0.25) is 4.90 Å². The van der Waals surface area contributed by atoms with Crippen LogP contribution in [0.3, 0.4) is 0 Å². The SMILES string of the molecule is Nc1cccc2c1CN(C1CN3CCC1CC3)C2. The average Bonchev–Trinajstić information content (AvgIpc) is 2.85. The molecule has 0 aromatic heterocycles. The summed E-state index contributed by atoms with van der Waals surface area (Å²) in [7, 11) is 0. The molecule has 4 aliphatic rings. The molecule has 2 bridgehead atoms. The molecule has 1 aromatic carbocycles. The second-order valence-electron chi connectivity index (χ2n) is 6.10. The molecule has 1 atom stereocenters. The molecule has 18 heavy (non-hydrogen) atoms. The topological polar surface area (TPSA) is 32.5 Å². The smallest absolute Gasteiger partial charge is 0.0363 e. The van der Waals surface area contributed by atoms with Crippen molar-refractivity contribution >= 4 is 5.69 Å². The van der Waals surface area contributed by atoms with Gasteiger partial charge in [0.2, 0.25) is 0 Å². The van der Waals surface area contributed by atoms with Gasteiger partial charge >= 0.3 is 0 Å². The summed E-state index contributed by atoms with van der Waals surface area (Å²) in [6.45, 7) is 6.10. The molecule has 1 unspecified atom stereocenters. The Morgan fingerprint density at radius 2 is 1.94 bits per heavy atom. The number of rotatable bonds is 1. The van der Waals surface area contributed by atoms with Crippen molar-refractivity contribution in [3.8, 4) is 0 Å². The Bertz CT molecular complexity index is 463. The van der Waals surface area contributed by atoms with Gasteiger partial charge in [0, 0.05) is 31.4 Å². The summed E-state index contributed by atoms with van der Waals surface area (Å²) in [5.41, 5.74) is 9.92. The van der Waals surface area contributed by atoms with E-state index < -0.39 is 0 Å². The third-order valence-electron chi connectivity index (χ3n) is 5.13. The van der Waals surface area contributed by atoms with Crippen LogP contribution in [0, 0.1) is 5.92 Å². The summed E-state index contributed by atoms with van der Waals surface area (Å²) in [5.74, 6) is 0.922. The van der Waals surface area contributed by atoms with Crippen LogP contribution >= 0.6 is 0 Å². The van der Waals surface area contributed by atoms with Gasteiger partial charge in [-0.05, 0) is 49.0 Å². The predicted octanol–water partition coefficient (Wildman–Crippen LogP) is 1.68. The van der Waals surface area contributed by atoms with E-state index >= 15 is 0 Å². The highest BCUT2D eigenvalue weighted by atomic mass is 15.3. The van der Waals surface area contributed by atoms with Crippen LogP contribution in [0.15, 0.2) is 18.2 Å². The van der Waals surface area contributed by atoms with E-state index in [-0.39, 0.29) is 0 Å². The molecule has 3 fully saturated rings. The van der Waals surface area contributed by atoms with Crippen molar-refractivity contribution in [2.75, 3.05) is 25.4 Å². The first kappa shape index (κ1) is 10.8. The van der Waals surface area contributed by atoms with Gasteiger partial charge in [-0.15, -0.1) is 0 Å². The molecule has 0 saturated carbocycles. The van der Waals surface area contributed by atoms with Gasteiger partial charge < -0.3 is 10.6 Å². The summed E-state index contributed by atoms with van der Waals surface area (Å²) in [4.78, 5) is 5.30. The fourth-order valence-corrected chi connectivity index (χ4v) is 4.06. The minimum atomic E-state index is 0.763. The largest absolute Gasteiger partial charge is 0.398 e. The van der Waals surface area contributed by atoms with E-state index in [1.54, 1.807) is 0 Å². The Balaban J connectivity index is 1.57. The van der Waals surface area contributed by atoms with Crippen molar-refractivity contribution in [1.82, 2.24) is 9.80 Å². The van der Waals surface area contributed by atoms with Gasteiger partial charge in [-0.1, -0.05) is 12.1 Å². The van der Waals surface area contributed by atoms with Gasteiger partial charge in [0.1, 0.15) is 0 Å². The first-order valence-electron chi connectivity index (χ1n) is 7.14. The second-order valence-corrected chi connectivity index (χ2v) is 6.10. The quantitative estimate of drug-likeness (QED) is 0.762. The van der Waals surface area contributed by atoms with Crippen LogP contribution in [-0.2, 0) is 13.1 Å². The maximum atomic E-state index is 6.10. The Hall–Kier alpha value is -1.06. The van der Waals surface area contributed by atoms with Crippen LogP contribution < -0.4 is 5.73 Å². The summed E-state index contributed by atoms with van der Waals surface area (Å²) in [6, 6.07) is 7.14. The zero-order chi connectivity index (χ0) is 12.1.